The summed E-state index contributed by atoms with van der Waals surface area (Å²) < 4.78 is 32.5. The Balaban J connectivity index is 1.50. The third kappa shape index (κ3) is 3.65. The molecule has 2 heterocycles. The lowest BCUT2D eigenvalue weighted by molar-refractivity contribution is 0.0589. The summed E-state index contributed by atoms with van der Waals surface area (Å²) in [6.45, 7) is 1.83. The Morgan fingerprint density at radius 2 is 1.76 bits per heavy atom. The van der Waals surface area contributed by atoms with Crippen molar-refractivity contribution in [1.29, 1.82) is 0 Å². The van der Waals surface area contributed by atoms with Gasteiger partial charge in [-0.15, -0.1) is 0 Å². The van der Waals surface area contributed by atoms with Crippen LogP contribution >= 0.6 is 11.3 Å². The predicted octanol–water partition coefficient (Wildman–Crippen LogP) is 3.32. The van der Waals surface area contributed by atoms with Crippen LogP contribution < -0.4 is 4.90 Å². The number of esters is 1. The van der Waals surface area contributed by atoms with Gasteiger partial charge in [0.15, 0.2) is 10.9 Å². The molecule has 0 spiro atoms. The van der Waals surface area contributed by atoms with Crippen molar-refractivity contribution in [2.24, 2.45) is 0 Å². The monoisotopic (exact) mass is 417 g/mol. The van der Waals surface area contributed by atoms with Gasteiger partial charge in [0.05, 0.1) is 22.9 Å². The molecule has 0 atom stereocenters. The number of piperazine rings is 1. The third-order valence-electron chi connectivity index (χ3n) is 4.80. The van der Waals surface area contributed by atoms with Crippen molar-refractivity contribution < 1.29 is 23.1 Å². The molecule has 1 aromatic heterocycles. The van der Waals surface area contributed by atoms with E-state index in [2.05, 4.69) is 4.98 Å². The van der Waals surface area contributed by atoms with Crippen molar-refractivity contribution in [1.82, 2.24) is 9.88 Å². The number of ether oxygens (including phenoxy) is 1. The number of benzene rings is 2. The van der Waals surface area contributed by atoms with E-state index in [-0.39, 0.29) is 17.0 Å². The standard InChI is InChI=1S/C20H17F2N3O3S/c1-28-19(27)14-5-3-2-4-13(14)18(26)24-6-8-25(9-7-24)20-23-17-15(22)10-12(21)11-16(17)29-20/h2-5,10-11H,6-9H2,1H3. The first-order chi connectivity index (χ1) is 14.0. The van der Waals surface area contributed by atoms with Gasteiger partial charge in [0, 0.05) is 32.2 Å². The number of aromatic nitrogens is 1. The van der Waals surface area contributed by atoms with Gasteiger partial charge in [-0.1, -0.05) is 23.5 Å². The molecule has 1 amide bonds. The van der Waals surface area contributed by atoms with Gasteiger partial charge < -0.3 is 14.5 Å². The number of thiazole rings is 1. The van der Waals surface area contributed by atoms with Crippen molar-refractivity contribution in [2.45, 2.75) is 0 Å². The van der Waals surface area contributed by atoms with Gasteiger partial charge in [0.25, 0.3) is 5.91 Å². The van der Waals surface area contributed by atoms with Crippen LogP contribution in [0, 0.1) is 11.6 Å². The summed E-state index contributed by atoms with van der Waals surface area (Å²) in [6, 6.07) is 8.63. The van der Waals surface area contributed by atoms with Crippen molar-refractivity contribution in [3.63, 3.8) is 0 Å². The molecule has 0 unspecified atom stereocenters. The number of hydrogen-bond donors (Lipinski definition) is 0. The van der Waals surface area contributed by atoms with E-state index in [0.717, 1.165) is 6.07 Å². The van der Waals surface area contributed by atoms with Crippen molar-refractivity contribution in [3.8, 4) is 0 Å². The fourth-order valence-electron chi connectivity index (χ4n) is 3.31. The first-order valence-corrected chi connectivity index (χ1v) is 9.76. The molecular formula is C20H17F2N3O3S. The van der Waals surface area contributed by atoms with Gasteiger partial charge in [0.1, 0.15) is 11.3 Å². The Kier molecular flexibility index (Phi) is 5.14. The highest BCUT2D eigenvalue weighted by molar-refractivity contribution is 7.22. The van der Waals surface area contributed by atoms with E-state index >= 15 is 0 Å². The quantitative estimate of drug-likeness (QED) is 0.612. The van der Waals surface area contributed by atoms with Crippen LogP contribution in [0.2, 0.25) is 0 Å². The van der Waals surface area contributed by atoms with E-state index in [1.165, 1.54) is 24.5 Å². The highest BCUT2D eigenvalue weighted by atomic mass is 32.1. The second-order valence-corrected chi connectivity index (χ2v) is 7.56. The van der Waals surface area contributed by atoms with E-state index in [9.17, 15) is 18.4 Å². The molecule has 0 saturated carbocycles. The third-order valence-corrected chi connectivity index (χ3v) is 5.87. The normalized spacial score (nSPS) is 14.3. The predicted molar refractivity (Wildman–Crippen MR) is 105 cm³/mol. The Morgan fingerprint density at radius 3 is 2.45 bits per heavy atom. The molecule has 9 heteroatoms. The van der Waals surface area contributed by atoms with Gasteiger partial charge in [-0.25, -0.2) is 18.6 Å². The zero-order valence-corrected chi connectivity index (χ0v) is 16.3. The molecule has 1 fully saturated rings. The molecule has 0 radical (unpaired) electrons. The molecule has 0 N–H and O–H groups in total. The van der Waals surface area contributed by atoms with Crippen molar-refractivity contribution >= 4 is 38.6 Å². The lowest BCUT2D eigenvalue weighted by Crippen LogP contribution is -2.49. The lowest BCUT2D eigenvalue weighted by atomic mass is 10.1. The number of halogens is 2. The average molecular weight is 417 g/mol. The number of fused-ring (bicyclic) bond motifs is 1. The fourth-order valence-corrected chi connectivity index (χ4v) is 4.37. The summed E-state index contributed by atoms with van der Waals surface area (Å²) in [4.78, 5) is 32.7. The number of hydrogen-bond acceptors (Lipinski definition) is 6. The maximum atomic E-state index is 13.9. The number of nitrogens with zero attached hydrogens (tertiary/aromatic N) is 3. The van der Waals surface area contributed by atoms with E-state index < -0.39 is 17.6 Å². The zero-order chi connectivity index (χ0) is 20.5. The maximum absolute atomic E-state index is 13.9. The Hall–Kier alpha value is -3.07. The molecule has 150 valence electrons. The van der Waals surface area contributed by atoms with Crippen LogP contribution in [0.15, 0.2) is 36.4 Å². The van der Waals surface area contributed by atoms with Gasteiger partial charge >= 0.3 is 5.97 Å². The minimum atomic E-state index is -0.685. The second-order valence-electron chi connectivity index (χ2n) is 6.55. The van der Waals surface area contributed by atoms with Gasteiger partial charge in [0.2, 0.25) is 0 Å². The molecule has 29 heavy (non-hydrogen) atoms. The molecule has 1 aliphatic rings. The summed E-state index contributed by atoms with van der Waals surface area (Å²) >= 11 is 1.22. The number of carbonyl (C=O) groups is 2. The van der Waals surface area contributed by atoms with Crippen LogP contribution in [0.3, 0.4) is 0 Å². The minimum absolute atomic E-state index is 0.150. The van der Waals surface area contributed by atoms with Gasteiger partial charge in [-0.05, 0) is 18.2 Å². The number of rotatable bonds is 3. The zero-order valence-electron chi connectivity index (χ0n) is 15.5. The first-order valence-electron chi connectivity index (χ1n) is 8.95. The highest BCUT2D eigenvalue weighted by Crippen LogP contribution is 2.31. The first kappa shape index (κ1) is 19.3. The molecule has 1 aliphatic heterocycles. The Bertz CT molecular complexity index is 1090. The molecule has 0 aliphatic carbocycles. The van der Waals surface area contributed by atoms with Crippen LogP contribution in [0.5, 0.6) is 0 Å². The SMILES string of the molecule is COC(=O)c1ccccc1C(=O)N1CCN(c2nc3c(F)cc(F)cc3s2)CC1. The second kappa shape index (κ2) is 7.75. The van der Waals surface area contributed by atoms with Crippen LogP contribution in [-0.4, -0.2) is 55.0 Å². The highest BCUT2D eigenvalue weighted by Gasteiger charge is 2.27. The van der Waals surface area contributed by atoms with E-state index in [4.69, 9.17) is 4.74 Å². The van der Waals surface area contributed by atoms with Crippen LogP contribution in [0.4, 0.5) is 13.9 Å². The number of carbonyl (C=O) groups excluding carboxylic acids is 2. The molecular weight excluding hydrogens is 400 g/mol. The number of methoxy groups -OCH3 is 1. The largest absolute Gasteiger partial charge is 0.465 e. The molecule has 6 nitrogen and oxygen atoms in total. The van der Waals surface area contributed by atoms with Crippen molar-refractivity contribution in [3.05, 3.63) is 59.2 Å². The number of amides is 1. The Labute approximate surface area is 169 Å². The lowest BCUT2D eigenvalue weighted by Gasteiger charge is -2.34. The summed E-state index contributed by atoms with van der Waals surface area (Å²) in [5.41, 5.74) is 0.674. The molecule has 2 aromatic carbocycles. The van der Waals surface area contributed by atoms with Gasteiger partial charge in [-0.2, -0.15) is 0 Å². The van der Waals surface area contributed by atoms with Crippen molar-refractivity contribution in [2.75, 3.05) is 38.2 Å². The molecule has 1 saturated heterocycles. The Morgan fingerprint density at radius 1 is 1.07 bits per heavy atom. The van der Waals surface area contributed by atoms with Crippen LogP contribution in [-0.2, 0) is 4.74 Å². The number of anilines is 1. The smallest absolute Gasteiger partial charge is 0.338 e. The van der Waals surface area contributed by atoms with E-state index in [0.29, 0.717) is 41.6 Å². The van der Waals surface area contributed by atoms with Crippen LogP contribution in [0.25, 0.3) is 10.2 Å². The fraction of sp³-hybridized carbons (Fsp3) is 0.250. The minimum Gasteiger partial charge on any atom is -0.465 e. The van der Waals surface area contributed by atoms with E-state index in [1.807, 2.05) is 4.90 Å². The van der Waals surface area contributed by atoms with Gasteiger partial charge in [-0.3, -0.25) is 4.79 Å². The summed E-state index contributed by atoms with van der Waals surface area (Å²) in [5.74, 6) is -2.12. The van der Waals surface area contributed by atoms with E-state index in [1.54, 1.807) is 29.2 Å². The summed E-state index contributed by atoms with van der Waals surface area (Å²) in [5, 5.41) is 0.589. The average Bonchev–Trinajstić information content (AvgIpc) is 3.17. The molecule has 0 bridgehead atoms. The maximum Gasteiger partial charge on any atom is 0.338 e. The topological polar surface area (TPSA) is 62.7 Å². The van der Waals surface area contributed by atoms with Crippen LogP contribution in [0.1, 0.15) is 20.7 Å². The molecule has 4 rings (SSSR count). The summed E-state index contributed by atoms with van der Waals surface area (Å²) in [7, 11) is 1.27. The molecule has 3 aromatic rings. The summed E-state index contributed by atoms with van der Waals surface area (Å²) in [6.07, 6.45) is 0.